The predicted octanol–water partition coefficient (Wildman–Crippen LogP) is 0.809. The number of nitrogens with one attached hydrogen (secondary N) is 1. The van der Waals surface area contributed by atoms with E-state index in [9.17, 15) is 18.0 Å². The average molecular weight is 254 g/mol. The van der Waals surface area contributed by atoms with Crippen molar-refractivity contribution in [2.24, 2.45) is 11.7 Å². The van der Waals surface area contributed by atoms with Gasteiger partial charge in [0, 0.05) is 25.7 Å². The zero-order valence-electron chi connectivity index (χ0n) is 9.43. The maximum atomic E-state index is 12.1. The van der Waals surface area contributed by atoms with Crippen LogP contribution in [0.1, 0.15) is 19.3 Å². The fourth-order valence-electron chi connectivity index (χ4n) is 1.99. The molecule has 1 heterocycles. The van der Waals surface area contributed by atoms with Crippen LogP contribution in [0.15, 0.2) is 0 Å². The van der Waals surface area contributed by atoms with Gasteiger partial charge in [0.05, 0.1) is 6.54 Å². The zero-order valence-corrected chi connectivity index (χ0v) is 9.43. The summed E-state index contributed by atoms with van der Waals surface area (Å²) < 4.78 is 41.5. The van der Waals surface area contributed by atoms with Gasteiger partial charge in [-0.2, -0.15) is 13.2 Å². The lowest BCUT2D eigenvalue weighted by atomic mass is 9.89. The molecule has 0 aromatic heterocycles. The number of ether oxygens (including phenoxy) is 1. The molecule has 4 nitrogen and oxygen atoms in total. The first kappa shape index (κ1) is 14.2. The summed E-state index contributed by atoms with van der Waals surface area (Å²) in [5, 5.41) is 2.38. The molecule has 1 aliphatic heterocycles. The Balaban J connectivity index is 2.49. The maximum Gasteiger partial charge on any atom is 0.401 e. The molecular weight excluding hydrogens is 237 g/mol. The number of nitrogens with two attached hydrogens (primary N) is 1. The van der Waals surface area contributed by atoms with Crippen LogP contribution in [-0.4, -0.2) is 37.9 Å². The molecule has 17 heavy (non-hydrogen) atoms. The summed E-state index contributed by atoms with van der Waals surface area (Å²) in [5.74, 6) is -0.574. The third-order valence-electron chi connectivity index (χ3n) is 2.82. The van der Waals surface area contributed by atoms with Crippen molar-refractivity contribution in [3.63, 3.8) is 0 Å². The van der Waals surface area contributed by atoms with Crippen molar-refractivity contribution >= 4 is 5.91 Å². The maximum absolute atomic E-state index is 12.1. The SMILES string of the molecule is NC(=O)C[C@H](NCC(F)(F)F)C1CCOCC1. The molecule has 100 valence electrons. The van der Waals surface area contributed by atoms with E-state index in [4.69, 9.17) is 10.5 Å². The van der Waals surface area contributed by atoms with E-state index >= 15 is 0 Å². The third kappa shape index (κ3) is 5.88. The Morgan fingerprint density at radius 3 is 2.47 bits per heavy atom. The molecule has 0 aliphatic carbocycles. The van der Waals surface area contributed by atoms with Crippen LogP contribution in [0.25, 0.3) is 0 Å². The molecule has 1 fully saturated rings. The lowest BCUT2D eigenvalue weighted by molar-refractivity contribution is -0.130. The molecule has 7 heteroatoms. The Morgan fingerprint density at radius 1 is 1.41 bits per heavy atom. The molecule has 1 amide bonds. The lowest BCUT2D eigenvalue weighted by Gasteiger charge is -2.30. The van der Waals surface area contributed by atoms with Gasteiger partial charge in [-0.05, 0) is 18.8 Å². The summed E-state index contributed by atoms with van der Waals surface area (Å²) in [6, 6.07) is -0.516. The van der Waals surface area contributed by atoms with Crippen molar-refractivity contribution in [3.8, 4) is 0 Å². The Labute approximate surface area is 97.7 Å². The Hall–Kier alpha value is -0.820. The summed E-state index contributed by atoms with van der Waals surface area (Å²) >= 11 is 0. The minimum atomic E-state index is -4.28. The van der Waals surface area contributed by atoms with Gasteiger partial charge in [-0.25, -0.2) is 0 Å². The van der Waals surface area contributed by atoms with E-state index in [1.165, 1.54) is 0 Å². The van der Waals surface area contributed by atoms with Crippen LogP contribution in [-0.2, 0) is 9.53 Å². The van der Waals surface area contributed by atoms with E-state index in [1.807, 2.05) is 0 Å². The highest BCUT2D eigenvalue weighted by Crippen LogP contribution is 2.22. The molecule has 0 saturated carbocycles. The Kier molecular flexibility index (Phi) is 5.20. The number of hydrogen-bond donors (Lipinski definition) is 2. The highest BCUT2D eigenvalue weighted by Gasteiger charge is 2.31. The number of rotatable bonds is 5. The Morgan fingerprint density at radius 2 is 2.00 bits per heavy atom. The lowest BCUT2D eigenvalue weighted by Crippen LogP contribution is -2.45. The van der Waals surface area contributed by atoms with Crippen molar-refractivity contribution in [2.45, 2.75) is 31.5 Å². The van der Waals surface area contributed by atoms with Crippen LogP contribution < -0.4 is 11.1 Å². The summed E-state index contributed by atoms with van der Waals surface area (Å²) in [6.45, 7) is -0.0520. The minimum absolute atomic E-state index is 0.0126. The quantitative estimate of drug-likeness (QED) is 0.763. The molecule has 1 atom stereocenters. The van der Waals surface area contributed by atoms with E-state index in [0.717, 1.165) is 0 Å². The van der Waals surface area contributed by atoms with Crippen molar-refractivity contribution in [3.05, 3.63) is 0 Å². The van der Waals surface area contributed by atoms with Gasteiger partial charge < -0.3 is 15.8 Å². The van der Waals surface area contributed by atoms with Crippen LogP contribution in [0.3, 0.4) is 0 Å². The van der Waals surface area contributed by atoms with Crippen molar-refractivity contribution in [2.75, 3.05) is 19.8 Å². The van der Waals surface area contributed by atoms with Crippen LogP contribution >= 0.6 is 0 Å². The van der Waals surface area contributed by atoms with E-state index in [-0.39, 0.29) is 12.3 Å². The number of carbonyl (C=O) groups excluding carboxylic acids is 1. The van der Waals surface area contributed by atoms with Crippen LogP contribution in [0.2, 0.25) is 0 Å². The second-order valence-electron chi connectivity index (χ2n) is 4.22. The molecule has 0 spiro atoms. The van der Waals surface area contributed by atoms with Gasteiger partial charge in [0.2, 0.25) is 5.91 Å². The summed E-state index contributed by atoms with van der Waals surface area (Å²) in [7, 11) is 0. The molecule has 1 saturated heterocycles. The topological polar surface area (TPSA) is 64.4 Å². The zero-order chi connectivity index (χ0) is 12.9. The first-order valence-corrected chi connectivity index (χ1v) is 5.54. The number of alkyl halides is 3. The molecule has 0 aromatic carbocycles. The fraction of sp³-hybridized carbons (Fsp3) is 0.900. The molecule has 3 N–H and O–H groups in total. The molecule has 0 radical (unpaired) electrons. The number of primary amides is 1. The largest absolute Gasteiger partial charge is 0.401 e. The molecule has 1 aliphatic rings. The minimum Gasteiger partial charge on any atom is -0.381 e. The van der Waals surface area contributed by atoms with Gasteiger partial charge in [0.25, 0.3) is 0 Å². The van der Waals surface area contributed by atoms with E-state index in [1.54, 1.807) is 0 Å². The molecule has 0 aromatic rings. The van der Waals surface area contributed by atoms with Crippen LogP contribution in [0.4, 0.5) is 13.2 Å². The molecule has 0 bridgehead atoms. The normalized spacial score (nSPS) is 20.2. The smallest absolute Gasteiger partial charge is 0.381 e. The number of amides is 1. The average Bonchev–Trinajstić information content (AvgIpc) is 2.24. The van der Waals surface area contributed by atoms with Crippen LogP contribution in [0.5, 0.6) is 0 Å². The second kappa shape index (κ2) is 6.20. The highest BCUT2D eigenvalue weighted by atomic mass is 19.4. The summed E-state index contributed by atoms with van der Waals surface area (Å²) in [4.78, 5) is 10.8. The van der Waals surface area contributed by atoms with Crippen LogP contribution in [0, 0.1) is 5.92 Å². The van der Waals surface area contributed by atoms with E-state index < -0.39 is 24.7 Å². The van der Waals surface area contributed by atoms with E-state index in [2.05, 4.69) is 5.32 Å². The summed E-state index contributed by atoms with van der Waals surface area (Å²) in [6.07, 6.45) is -3.03. The standard InChI is InChI=1S/C10H17F3N2O2/c11-10(12,13)6-15-8(5-9(14)16)7-1-3-17-4-2-7/h7-8,15H,1-6H2,(H2,14,16)/t8-/m0/s1. The monoisotopic (exact) mass is 254 g/mol. The van der Waals surface area contributed by atoms with E-state index in [0.29, 0.717) is 26.1 Å². The van der Waals surface area contributed by atoms with Crippen molar-refractivity contribution < 1.29 is 22.7 Å². The van der Waals surface area contributed by atoms with Crippen molar-refractivity contribution in [1.29, 1.82) is 0 Å². The first-order valence-electron chi connectivity index (χ1n) is 5.54. The van der Waals surface area contributed by atoms with Gasteiger partial charge in [-0.15, -0.1) is 0 Å². The Bertz CT molecular complexity index is 252. The second-order valence-corrected chi connectivity index (χ2v) is 4.22. The summed E-state index contributed by atoms with van der Waals surface area (Å²) in [5.41, 5.74) is 5.05. The highest BCUT2D eigenvalue weighted by molar-refractivity contribution is 5.74. The molecular formula is C10H17F3N2O2. The third-order valence-corrected chi connectivity index (χ3v) is 2.82. The van der Waals surface area contributed by atoms with Gasteiger partial charge >= 0.3 is 6.18 Å². The molecule has 1 rings (SSSR count). The van der Waals surface area contributed by atoms with Gasteiger partial charge in [0.15, 0.2) is 0 Å². The number of hydrogen-bond acceptors (Lipinski definition) is 3. The first-order chi connectivity index (χ1) is 7.88. The molecule has 0 unspecified atom stereocenters. The van der Waals surface area contributed by atoms with Crippen molar-refractivity contribution in [1.82, 2.24) is 5.32 Å². The number of halogens is 3. The number of carbonyl (C=O) groups is 1. The fourth-order valence-corrected chi connectivity index (χ4v) is 1.99. The van der Waals surface area contributed by atoms with Gasteiger partial charge in [-0.1, -0.05) is 0 Å². The predicted molar refractivity (Wildman–Crippen MR) is 55.2 cm³/mol. The van der Waals surface area contributed by atoms with Gasteiger partial charge in [0.1, 0.15) is 0 Å². The van der Waals surface area contributed by atoms with Gasteiger partial charge in [-0.3, -0.25) is 4.79 Å².